The smallest absolute Gasteiger partial charge is 0.341 e. The number of hydrogen-bond donors (Lipinski definition) is 1. The van der Waals surface area contributed by atoms with Crippen LogP contribution in [0, 0.1) is 5.82 Å². The van der Waals surface area contributed by atoms with E-state index in [1.807, 2.05) is 4.90 Å². The fraction of sp³-hybridized carbons (Fsp3) is 0.556. The Kier molecular flexibility index (Phi) is 10.0. The lowest BCUT2D eigenvalue weighted by molar-refractivity contribution is -0.132. The van der Waals surface area contributed by atoms with Gasteiger partial charge in [-0.05, 0) is 25.0 Å². The maximum absolute atomic E-state index is 15.1. The van der Waals surface area contributed by atoms with Gasteiger partial charge in [0.25, 0.3) is 0 Å². The Morgan fingerprint density at radius 1 is 0.974 bits per heavy atom. The summed E-state index contributed by atoms with van der Waals surface area (Å²) in [6.07, 6.45) is 4.52. The highest BCUT2D eigenvalue weighted by atomic mass is 19.1. The van der Waals surface area contributed by atoms with E-state index in [0.717, 1.165) is 25.2 Å². The van der Waals surface area contributed by atoms with Crippen LogP contribution in [-0.2, 0) is 23.8 Å². The quantitative estimate of drug-likeness (QED) is 0.262. The lowest BCUT2D eigenvalue weighted by atomic mass is 10.1. The summed E-state index contributed by atoms with van der Waals surface area (Å²) in [6.45, 7) is 3.93. The second-order valence-corrected chi connectivity index (χ2v) is 9.55. The molecule has 4 rings (SSSR count). The average Bonchev–Trinajstić information content (AvgIpc) is 3.77. The highest BCUT2D eigenvalue weighted by Gasteiger charge is 2.29. The molecule has 0 unspecified atom stereocenters. The summed E-state index contributed by atoms with van der Waals surface area (Å²) < 4.78 is 32.9. The number of carbonyl (C=O) groups excluding carboxylic acids is 2. The monoisotopic (exact) mass is 547 g/mol. The van der Waals surface area contributed by atoms with E-state index in [1.165, 1.54) is 6.20 Å². The number of halogens is 1. The number of carbonyl (C=O) groups is 3. The molecule has 11 nitrogen and oxygen atoms in total. The Morgan fingerprint density at radius 3 is 2.23 bits per heavy atom. The van der Waals surface area contributed by atoms with Crippen LogP contribution in [0.15, 0.2) is 23.1 Å². The van der Waals surface area contributed by atoms with Crippen LogP contribution in [-0.4, -0.2) is 98.6 Å². The minimum absolute atomic E-state index is 0.0399. The van der Waals surface area contributed by atoms with E-state index in [1.54, 1.807) is 15.5 Å². The van der Waals surface area contributed by atoms with Gasteiger partial charge in [-0.1, -0.05) is 0 Å². The van der Waals surface area contributed by atoms with E-state index < -0.39 is 17.2 Å². The largest absolute Gasteiger partial charge is 0.477 e. The molecule has 1 saturated heterocycles. The number of ether oxygens (including phenoxy) is 3. The van der Waals surface area contributed by atoms with Gasteiger partial charge in [-0.3, -0.25) is 9.59 Å². The highest BCUT2D eigenvalue weighted by molar-refractivity contribution is 5.93. The second-order valence-electron chi connectivity index (χ2n) is 9.55. The van der Waals surface area contributed by atoms with Gasteiger partial charge >= 0.3 is 5.97 Å². The molecule has 2 aliphatic rings. The van der Waals surface area contributed by atoms with Crippen molar-refractivity contribution in [1.82, 2.24) is 9.47 Å². The van der Waals surface area contributed by atoms with Gasteiger partial charge in [-0.15, -0.1) is 0 Å². The summed E-state index contributed by atoms with van der Waals surface area (Å²) in [5.41, 5.74) is -0.191. The molecule has 0 bridgehead atoms. The summed E-state index contributed by atoms with van der Waals surface area (Å²) in [5, 5.41) is 9.48. The van der Waals surface area contributed by atoms with Crippen molar-refractivity contribution in [2.45, 2.75) is 31.7 Å². The molecule has 0 atom stereocenters. The molecule has 0 spiro atoms. The maximum Gasteiger partial charge on any atom is 0.341 e. The number of pyridine rings is 1. The summed E-state index contributed by atoms with van der Waals surface area (Å²) in [4.78, 5) is 50.6. The molecular weight excluding hydrogens is 513 g/mol. The molecule has 1 aliphatic carbocycles. The summed E-state index contributed by atoms with van der Waals surface area (Å²) in [6, 6.07) is 2.86. The number of aldehydes is 1. The van der Waals surface area contributed by atoms with E-state index >= 15 is 4.39 Å². The van der Waals surface area contributed by atoms with E-state index in [9.17, 15) is 24.3 Å². The number of carboxylic acid groups (broad SMARTS) is 1. The lowest BCUT2D eigenvalue weighted by Gasteiger charge is -2.36. The van der Waals surface area contributed by atoms with Gasteiger partial charge in [0, 0.05) is 50.2 Å². The van der Waals surface area contributed by atoms with Crippen LogP contribution in [0.3, 0.4) is 0 Å². The zero-order valence-electron chi connectivity index (χ0n) is 21.8. The first-order chi connectivity index (χ1) is 18.9. The van der Waals surface area contributed by atoms with Crippen LogP contribution in [0.25, 0.3) is 10.9 Å². The molecule has 1 amide bonds. The number of anilines is 1. The van der Waals surface area contributed by atoms with Crippen molar-refractivity contribution in [3.8, 4) is 0 Å². The molecule has 212 valence electrons. The number of rotatable bonds is 15. The van der Waals surface area contributed by atoms with Gasteiger partial charge in [0.15, 0.2) is 0 Å². The highest BCUT2D eigenvalue weighted by Crippen LogP contribution is 2.38. The van der Waals surface area contributed by atoms with Crippen LogP contribution in [0.1, 0.15) is 42.1 Å². The van der Waals surface area contributed by atoms with Crippen molar-refractivity contribution >= 4 is 34.8 Å². The van der Waals surface area contributed by atoms with Gasteiger partial charge < -0.3 is 38.5 Å². The second kappa shape index (κ2) is 13.6. The first-order valence-electron chi connectivity index (χ1n) is 13.2. The molecule has 2 heterocycles. The van der Waals surface area contributed by atoms with E-state index in [4.69, 9.17) is 14.2 Å². The molecule has 39 heavy (non-hydrogen) atoms. The molecule has 2 fully saturated rings. The zero-order chi connectivity index (χ0) is 27.8. The first kappa shape index (κ1) is 28.7. The number of hydrogen-bond acceptors (Lipinski definition) is 8. The van der Waals surface area contributed by atoms with Crippen LogP contribution in [0.4, 0.5) is 10.1 Å². The topological polar surface area (TPSA) is 128 Å². The van der Waals surface area contributed by atoms with E-state index in [-0.39, 0.29) is 35.9 Å². The van der Waals surface area contributed by atoms with Crippen LogP contribution in [0.5, 0.6) is 0 Å². The molecule has 1 N–H and O–H groups in total. The molecule has 1 aromatic carbocycles. The maximum atomic E-state index is 15.1. The van der Waals surface area contributed by atoms with E-state index in [2.05, 4.69) is 0 Å². The summed E-state index contributed by atoms with van der Waals surface area (Å²) in [5.74, 6) is -1.96. The molecule has 0 radical (unpaired) electrons. The third-order valence-electron chi connectivity index (χ3n) is 6.83. The molecule has 1 aromatic heterocycles. The Morgan fingerprint density at radius 2 is 1.62 bits per heavy atom. The van der Waals surface area contributed by atoms with Gasteiger partial charge in [-0.2, -0.15) is 0 Å². The van der Waals surface area contributed by atoms with Crippen LogP contribution < -0.4 is 10.3 Å². The standard InChI is InChI=1S/C27H34FN3O8/c28-22-16-20-23(31(19-2-3-19)18-21(26(20)34)27(35)36)17-24(22)29-5-7-30(8-6-29)25(33)4-11-38-13-15-39-14-12-37-10-1-9-32/h9,16-19H,1-8,10-15H2,(H,35,36). The number of fused-ring (bicyclic) bond motifs is 1. The van der Waals surface area contributed by atoms with Crippen molar-refractivity contribution in [3.05, 3.63) is 39.9 Å². The molecule has 2 aromatic rings. The van der Waals surface area contributed by atoms with Crippen molar-refractivity contribution in [2.75, 3.05) is 70.7 Å². The molecular formula is C27H34FN3O8. The number of benzene rings is 1. The Bertz CT molecular complexity index is 1240. The Balaban J connectivity index is 1.25. The lowest BCUT2D eigenvalue weighted by Crippen LogP contribution is -2.49. The number of aromatic carboxylic acids is 1. The number of carboxylic acids is 1. The molecule has 1 aliphatic heterocycles. The molecule has 12 heteroatoms. The number of aromatic nitrogens is 1. The minimum Gasteiger partial charge on any atom is -0.477 e. The number of piperazine rings is 1. The van der Waals surface area contributed by atoms with Gasteiger partial charge in [0.05, 0.1) is 57.3 Å². The normalized spacial score (nSPS) is 15.6. The van der Waals surface area contributed by atoms with Crippen molar-refractivity contribution in [2.24, 2.45) is 0 Å². The van der Waals surface area contributed by atoms with Crippen LogP contribution in [0.2, 0.25) is 0 Å². The van der Waals surface area contributed by atoms with Crippen molar-refractivity contribution in [3.63, 3.8) is 0 Å². The predicted octanol–water partition coefficient (Wildman–Crippen LogP) is 1.85. The fourth-order valence-corrected chi connectivity index (χ4v) is 4.60. The van der Waals surface area contributed by atoms with E-state index in [0.29, 0.717) is 76.8 Å². The van der Waals surface area contributed by atoms with Gasteiger partial charge in [0.1, 0.15) is 17.7 Å². The zero-order valence-corrected chi connectivity index (χ0v) is 21.8. The number of nitrogens with zero attached hydrogens (tertiary/aromatic N) is 3. The third-order valence-corrected chi connectivity index (χ3v) is 6.83. The van der Waals surface area contributed by atoms with Gasteiger partial charge in [0.2, 0.25) is 11.3 Å². The van der Waals surface area contributed by atoms with Crippen LogP contribution >= 0.6 is 0 Å². The summed E-state index contributed by atoms with van der Waals surface area (Å²) in [7, 11) is 0. The fourth-order valence-electron chi connectivity index (χ4n) is 4.60. The predicted molar refractivity (Wildman–Crippen MR) is 140 cm³/mol. The average molecular weight is 548 g/mol. The third kappa shape index (κ3) is 7.40. The Labute approximate surface area is 225 Å². The molecule has 1 saturated carbocycles. The van der Waals surface area contributed by atoms with Gasteiger partial charge in [-0.25, -0.2) is 9.18 Å². The van der Waals surface area contributed by atoms with Crippen molar-refractivity contribution < 1.29 is 38.1 Å². The minimum atomic E-state index is -1.33. The Hall–Kier alpha value is -3.35. The van der Waals surface area contributed by atoms with Crippen molar-refractivity contribution in [1.29, 1.82) is 0 Å². The number of amides is 1. The SMILES string of the molecule is O=CCCOCCOCCOCCC(=O)N1CCN(c2cc3c(cc2F)c(=O)c(C(=O)O)cn3C2CC2)CC1. The summed E-state index contributed by atoms with van der Waals surface area (Å²) >= 11 is 0. The first-order valence-corrected chi connectivity index (χ1v) is 13.2.